The average molecular weight is 300 g/mol. The summed E-state index contributed by atoms with van der Waals surface area (Å²) < 4.78 is 52.9. The number of nitrogens with zero attached hydrogens (tertiary/aromatic N) is 2. The molecule has 0 spiro atoms. The highest BCUT2D eigenvalue weighted by Gasteiger charge is 2.34. The normalized spacial score (nSPS) is 17.0. The monoisotopic (exact) mass is 300 g/mol. The highest BCUT2D eigenvalue weighted by molar-refractivity contribution is 5.31. The van der Waals surface area contributed by atoms with Gasteiger partial charge in [0, 0.05) is 6.04 Å². The summed E-state index contributed by atoms with van der Waals surface area (Å²) in [5.41, 5.74) is -0.811. The minimum Gasteiger partial charge on any atom is -0.382 e. The Morgan fingerprint density at radius 2 is 2.00 bits per heavy atom. The van der Waals surface area contributed by atoms with Crippen molar-refractivity contribution in [3.63, 3.8) is 0 Å². The summed E-state index contributed by atoms with van der Waals surface area (Å²) in [6.45, 7) is 0. The summed E-state index contributed by atoms with van der Waals surface area (Å²) in [4.78, 5) is 3.94. The Morgan fingerprint density at radius 3 is 2.57 bits per heavy atom. The zero-order valence-corrected chi connectivity index (χ0v) is 10.8. The summed E-state index contributed by atoms with van der Waals surface area (Å²) >= 11 is 0. The van der Waals surface area contributed by atoms with Gasteiger partial charge >= 0.3 is 6.18 Å². The third-order valence-electron chi connectivity index (χ3n) is 3.53. The van der Waals surface area contributed by atoms with Gasteiger partial charge in [0.15, 0.2) is 0 Å². The van der Waals surface area contributed by atoms with Crippen molar-refractivity contribution in [3.05, 3.63) is 53.4 Å². The highest BCUT2D eigenvalue weighted by atomic mass is 19.4. The third-order valence-corrected chi connectivity index (χ3v) is 3.53. The van der Waals surface area contributed by atoms with Crippen molar-refractivity contribution >= 4 is 0 Å². The standard InChI is InChI=1S/C14H12F4N2O/c15-11-5-8(1-4-10(11)14(16,17)18)13(21)12-6-19-7-20(12)9-2-3-9/h1,4-7,9,13,21H,2-3H2. The van der Waals surface area contributed by atoms with Gasteiger partial charge in [-0.3, -0.25) is 0 Å². The average Bonchev–Trinajstić information content (AvgIpc) is 3.14. The van der Waals surface area contributed by atoms with E-state index in [1.54, 1.807) is 10.9 Å². The number of alkyl halides is 3. The van der Waals surface area contributed by atoms with E-state index in [1.165, 1.54) is 6.20 Å². The molecule has 7 heteroatoms. The molecule has 1 aliphatic carbocycles. The van der Waals surface area contributed by atoms with Gasteiger partial charge < -0.3 is 9.67 Å². The van der Waals surface area contributed by atoms with E-state index in [-0.39, 0.29) is 11.6 Å². The molecule has 3 rings (SSSR count). The molecule has 21 heavy (non-hydrogen) atoms. The first kappa shape index (κ1) is 14.1. The number of aliphatic hydroxyl groups is 1. The lowest BCUT2D eigenvalue weighted by Gasteiger charge is -2.15. The molecule has 1 N–H and O–H groups in total. The van der Waals surface area contributed by atoms with Crippen LogP contribution in [0, 0.1) is 5.82 Å². The van der Waals surface area contributed by atoms with Gasteiger partial charge in [0.25, 0.3) is 0 Å². The second-order valence-corrected chi connectivity index (χ2v) is 5.10. The second-order valence-electron chi connectivity index (χ2n) is 5.10. The van der Waals surface area contributed by atoms with Gasteiger partial charge in [0.2, 0.25) is 0 Å². The lowest BCUT2D eigenvalue weighted by molar-refractivity contribution is -0.140. The number of aromatic nitrogens is 2. The number of aliphatic hydroxyl groups excluding tert-OH is 1. The summed E-state index contributed by atoms with van der Waals surface area (Å²) in [6, 6.07) is 2.71. The van der Waals surface area contributed by atoms with Crippen LogP contribution in [0.1, 0.15) is 41.8 Å². The van der Waals surface area contributed by atoms with Crippen LogP contribution in [0.4, 0.5) is 17.6 Å². The number of halogens is 4. The molecule has 0 aliphatic heterocycles. The van der Waals surface area contributed by atoms with Crippen molar-refractivity contribution in [2.24, 2.45) is 0 Å². The summed E-state index contributed by atoms with van der Waals surface area (Å²) in [6.07, 6.45) is -1.00. The van der Waals surface area contributed by atoms with Gasteiger partial charge in [-0.15, -0.1) is 0 Å². The number of benzene rings is 1. The molecular weight excluding hydrogens is 288 g/mol. The fourth-order valence-corrected chi connectivity index (χ4v) is 2.29. The van der Waals surface area contributed by atoms with Crippen LogP contribution in [0.2, 0.25) is 0 Å². The van der Waals surface area contributed by atoms with E-state index in [2.05, 4.69) is 4.98 Å². The molecule has 3 nitrogen and oxygen atoms in total. The molecule has 1 aromatic heterocycles. The Balaban J connectivity index is 1.93. The Kier molecular flexibility index (Phi) is 3.24. The van der Waals surface area contributed by atoms with Gasteiger partial charge in [-0.1, -0.05) is 6.07 Å². The smallest absolute Gasteiger partial charge is 0.382 e. The molecule has 0 saturated heterocycles. The molecule has 0 bridgehead atoms. The van der Waals surface area contributed by atoms with Crippen LogP contribution in [-0.4, -0.2) is 14.7 Å². The minimum absolute atomic E-state index is 0.0721. The molecule has 1 fully saturated rings. The topological polar surface area (TPSA) is 38.1 Å². The van der Waals surface area contributed by atoms with Crippen LogP contribution >= 0.6 is 0 Å². The molecule has 0 amide bonds. The van der Waals surface area contributed by atoms with Crippen molar-refractivity contribution in [2.45, 2.75) is 31.2 Å². The maximum atomic E-state index is 13.6. The first-order valence-corrected chi connectivity index (χ1v) is 6.44. The summed E-state index contributed by atoms with van der Waals surface area (Å²) in [7, 11) is 0. The van der Waals surface area contributed by atoms with Gasteiger partial charge in [0.05, 0.1) is 23.8 Å². The number of rotatable bonds is 3. The molecule has 2 aromatic rings. The highest BCUT2D eigenvalue weighted by Crippen LogP contribution is 2.38. The summed E-state index contributed by atoms with van der Waals surface area (Å²) in [5, 5.41) is 10.2. The van der Waals surface area contributed by atoms with Gasteiger partial charge in [-0.05, 0) is 30.5 Å². The maximum Gasteiger partial charge on any atom is 0.419 e. The lowest BCUT2D eigenvalue weighted by atomic mass is 10.0. The van der Waals surface area contributed by atoms with Gasteiger partial charge in [-0.2, -0.15) is 13.2 Å². The predicted octanol–water partition coefficient (Wildman–Crippen LogP) is 3.46. The first-order valence-electron chi connectivity index (χ1n) is 6.44. The molecule has 1 unspecified atom stereocenters. The van der Waals surface area contributed by atoms with Crippen LogP contribution in [-0.2, 0) is 6.18 Å². The molecule has 1 aromatic carbocycles. The van der Waals surface area contributed by atoms with Crippen LogP contribution in [0.25, 0.3) is 0 Å². The zero-order chi connectivity index (χ0) is 15.2. The maximum absolute atomic E-state index is 13.6. The molecule has 112 valence electrons. The fourth-order valence-electron chi connectivity index (χ4n) is 2.29. The van der Waals surface area contributed by atoms with Crippen LogP contribution in [0.15, 0.2) is 30.7 Å². The molecule has 1 saturated carbocycles. The summed E-state index contributed by atoms with van der Waals surface area (Å²) in [5.74, 6) is -1.39. The van der Waals surface area contributed by atoms with Crippen LogP contribution < -0.4 is 0 Å². The number of hydrogen-bond acceptors (Lipinski definition) is 2. The number of imidazole rings is 1. The second kappa shape index (κ2) is 4.84. The third kappa shape index (κ3) is 2.65. The number of hydrogen-bond donors (Lipinski definition) is 1. The van der Waals surface area contributed by atoms with E-state index in [9.17, 15) is 22.7 Å². The van der Waals surface area contributed by atoms with Crippen molar-refractivity contribution < 1.29 is 22.7 Å². The van der Waals surface area contributed by atoms with Crippen LogP contribution in [0.5, 0.6) is 0 Å². The van der Waals surface area contributed by atoms with Crippen molar-refractivity contribution in [1.29, 1.82) is 0 Å². The minimum atomic E-state index is -4.75. The van der Waals surface area contributed by atoms with Crippen molar-refractivity contribution in [1.82, 2.24) is 9.55 Å². The van der Waals surface area contributed by atoms with Crippen molar-refractivity contribution in [3.8, 4) is 0 Å². The first-order chi connectivity index (χ1) is 9.88. The molecule has 1 heterocycles. The lowest BCUT2D eigenvalue weighted by Crippen LogP contribution is -2.11. The Hall–Kier alpha value is -1.89. The SMILES string of the molecule is OC(c1ccc(C(F)(F)F)c(F)c1)c1cncn1C1CC1. The zero-order valence-electron chi connectivity index (χ0n) is 10.8. The molecule has 1 aliphatic rings. The molecule has 1 atom stereocenters. The van der Waals surface area contributed by atoms with Gasteiger partial charge in [0.1, 0.15) is 11.9 Å². The van der Waals surface area contributed by atoms with E-state index in [4.69, 9.17) is 0 Å². The van der Waals surface area contributed by atoms with E-state index in [0.29, 0.717) is 11.8 Å². The molecular formula is C14H12F4N2O. The van der Waals surface area contributed by atoms with E-state index in [1.807, 2.05) is 0 Å². The van der Waals surface area contributed by atoms with E-state index < -0.39 is 23.7 Å². The Bertz CT molecular complexity index is 661. The Labute approximate surface area is 117 Å². The van der Waals surface area contributed by atoms with E-state index >= 15 is 0 Å². The Morgan fingerprint density at radius 1 is 1.29 bits per heavy atom. The predicted molar refractivity (Wildman–Crippen MR) is 66.0 cm³/mol. The van der Waals surface area contributed by atoms with E-state index in [0.717, 1.165) is 25.0 Å². The largest absolute Gasteiger partial charge is 0.419 e. The molecule has 0 radical (unpaired) electrons. The van der Waals surface area contributed by atoms with Crippen molar-refractivity contribution in [2.75, 3.05) is 0 Å². The van der Waals surface area contributed by atoms with Crippen LogP contribution in [0.3, 0.4) is 0 Å². The van der Waals surface area contributed by atoms with Gasteiger partial charge in [-0.25, -0.2) is 9.37 Å². The fraction of sp³-hybridized carbons (Fsp3) is 0.357. The quantitative estimate of drug-likeness (QED) is 0.882.